The van der Waals surface area contributed by atoms with Gasteiger partial charge in [0.1, 0.15) is 0 Å². The van der Waals surface area contributed by atoms with E-state index in [2.05, 4.69) is 12.2 Å². The standard InChI is InChI=1S/C15H21NO2.ClH/c1-11-6-8-12(9-7-11)14(15(17)18-2)13-5-3-4-10-16-13;/h6-9,13-14,16H,3-5,10H2,1-2H3;1H/t13-,14+;/m0./s1. The van der Waals surface area contributed by atoms with Gasteiger partial charge in [-0.15, -0.1) is 12.4 Å². The van der Waals surface area contributed by atoms with Crippen LogP contribution in [0.15, 0.2) is 24.3 Å². The first-order valence-electron chi connectivity index (χ1n) is 6.60. The molecule has 1 heterocycles. The van der Waals surface area contributed by atoms with Crippen LogP contribution in [0.3, 0.4) is 0 Å². The number of rotatable bonds is 3. The van der Waals surface area contributed by atoms with E-state index < -0.39 is 0 Å². The molecular weight excluding hydrogens is 262 g/mol. The summed E-state index contributed by atoms with van der Waals surface area (Å²) in [5, 5.41) is 3.45. The molecular formula is C15H22ClNO2. The molecule has 0 spiro atoms. The molecule has 1 N–H and O–H groups in total. The lowest BCUT2D eigenvalue weighted by Crippen LogP contribution is -2.42. The molecule has 1 fully saturated rings. The molecule has 1 aliphatic rings. The summed E-state index contributed by atoms with van der Waals surface area (Å²) < 4.78 is 4.97. The van der Waals surface area contributed by atoms with E-state index >= 15 is 0 Å². The Kier molecular flexibility index (Phi) is 6.32. The molecule has 2 rings (SSSR count). The highest BCUT2D eigenvalue weighted by Crippen LogP contribution is 2.26. The summed E-state index contributed by atoms with van der Waals surface area (Å²) in [5.41, 5.74) is 2.26. The van der Waals surface area contributed by atoms with Crippen LogP contribution < -0.4 is 5.32 Å². The maximum atomic E-state index is 12.0. The molecule has 1 aromatic rings. The molecule has 0 bridgehead atoms. The quantitative estimate of drug-likeness (QED) is 0.867. The maximum absolute atomic E-state index is 12.0. The van der Waals surface area contributed by atoms with Crippen LogP contribution in [0.4, 0.5) is 0 Å². The van der Waals surface area contributed by atoms with Gasteiger partial charge in [-0.1, -0.05) is 36.2 Å². The summed E-state index contributed by atoms with van der Waals surface area (Å²) in [5.74, 6) is -0.325. The van der Waals surface area contributed by atoms with Gasteiger partial charge in [-0.25, -0.2) is 0 Å². The van der Waals surface area contributed by atoms with Gasteiger partial charge in [-0.3, -0.25) is 4.79 Å². The van der Waals surface area contributed by atoms with Crippen molar-refractivity contribution in [2.75, 3.05) is 13.7 Å². The largest absolute Gasteiger partial charge is 0.469 e. The molecule has 1 aromatic carbocycles. The fourth-order valence-electron chi connectivity index (χ4n) is 2.60. The number of ether oxygens (including phenoxy) is 1. The summed E-state index contributed by atoms with van der Waals surface area (Å²) >= 11 is 0. The average Bonchev–Trinajstić information content (AvgIpc) is 2.42. The fraction of sp³-hybridized carbons (Fsp3) is 0.533. The third-order valence-corrected chi connectivity index (χ3v) is 3.64. The van der Waals surface area contributed by atoms with Crippen molar-refractivity contribution in [2.24, 2.45) is 0 Å². The van der Waals surface area contributed by atoms with Crippen molar-refractivity contribution in [3.63, 3.8) is 0 Å². The smallest absolute Gasteiger partial charge is 0.314 e. The van der Waals surface area contributed by atoms with Crippen molar-refractivity contribution in [3.05, 3.63) is 35.4 Å². The van der Waals surface area contributed by atoms with E-state index in [-0.39, 0.29) is 30.3 Å². The molecule has 1 saturated heterocycles. The number of halogens is 1. The van der Waals surface area contributed by atoms with Crippen molar-refractivity contribution < 1.29 is 9.53 Å². The second kappa shape index (κ2) is 7.51. The molecule has 0 aromatic heterocycles. The monoisotopic (exact) mass is 283 g/mol. The fourth-order valence-corrected chi connectivity index (χ4v) is 2.60. The molecule has 2 atom stereocenters. The zero-order valence-corrected chi connectivity index (χ0v) is 12.3. The number of carbonyl (C=O) groups excluding carboxylic acids is 1. The Hall–Kier alpha value is -1.06. The van der Waals surface area contributed by atoms with E-state index in [0.29, 0.717) is 0 Å². The second-order valence-corrected chi connectivity index (χ2v) is 4.97. The molecule has 0 saturated carbocycles. The summed E-state index contributed by atoms with van der Waals surface area (Å²) in [6.07, 6.45) is 3.41. The third-order valence-electron chi connectivity index (χ3n) is 3.64. The summed E-state index contributed by atoms with van der Waals surface area (Å²) in [6.45, 7) is 3.04. The number of esters is 1. The van der Waals surface area contributed by atoms with Gasteiger partial charge in [0.15, 0.2) is 0 Å². The van der Waals surface area contributed by atoms with E-state index in [9.17, 15) is 4.79 Å². The van der Waals surface area contributed by atoms with Crippen LogP contribution in [-0.2, 0) is 9.53 Å². The van der Waals surface area contributed by atoms with E-state index in [4.69, 9.17) is 4.74 Å². The van der Waals surface area contributed by atoms with Gasteiger partial charge >= 0.3 is 5.97 Å². The lowest BCUT2D eigenvalue weighted by atomic mass is 9.86. The normalized spacial score (nSPS) is 20.2. The Morgan fingerprint density at radius 3 is 2.53 bits per heavy atom. The van der Waals surface area contributed by atoms with Gasteiger partial charge in [0, 0.05) is 6.04 Å². The van der Waals surface area contributed by atoms with Crippen LogP contribution in [0, 0.1) is 6.92 Å². The van der Waals surface area contributed by atoms with Crippen LogP contribution in [0.25, 0.3) is 0 Å². The minimum Gasteiger partial charge on any atom is -0.469 e. The Labute approximate surface area is 121 Å². The van der Waals surface area contributed by atoms with Crippen LogP contribution in [0.2, 0.25) is 0 Å². The number of nitrogens with one attached hydrogen (secondary N) is 1. The molecule has 106 valence electrons. The first kappa shape index (κ1) is 16.0. The molecule has 1 aliphatic heterocycles. The van der Waals surface area contributed by atoms with Gasteiger partial charge in [0.25, 0.3) is 0 Å². The van der Waals surface area contributed by atoms with Crippen LogP contribution in [0.5, 0.6) is 0 Å². The van der Waals surface area contributed by atoms with Crippen molar-refractivity contribution in [1.29, 1.82) is 0 Å². The van der Waals surface area contributed by atoms with Crippen LogP contribution in [0.1, 0.15) is 36.3 Å². The second-order valence-electron chi connectivity index (χ2n) is 4.97. The number of aryl methyl sites for hydroxylation is 1. The SMILES string of the molecule is COC(=O)[C@H](c1ccc(C)cc1)[C@@H]1CCCCN1.Cl. The van der Waals surface area contributed by atoms with Gasteiger partial charge in [0.2, 0.25) is 0 Å². The minimum absolute atomic E-state index is 0. The Morgan fingerprint density at radius 2 is 2.00 bits per heavy atom. The van der Waals surface area contributed by atoms with E-state index in [1.54, 1.807) is 0 Å². The zero-order valence-electron chi connectivity index (χ0n) is 11.5. The number of hydrogen-bond acceptors (Lipinski definition) is 3. The molecule has 0 unspecified atom stereocenters. The number of carbonyl (C=O) groups is 1. The average molecular weight is 284 g/mol. The summed E-state index contributed by atoms with van der Waals surface area (Å²) in [4.78, 5) is 12.0. The summed E-state index contributed by atoms with van der Waals surface area (Å²) in [7, 11) is 1.46. The number of piperidine rings is 1. The molecule has 0 aliphatic carbocycles. The van der Waals surface area contributed by atoms with Crippen LogP contribution >= 0.6 is 12.4 Å². The highest BCUT2D eigenvalue weighted by Gasteiger charge is 2.31. The van der Waals surface area contributed by atoms with Crippen molar-refractivity contribution in [3.8, 4) is 0 Å². The highest BCUT2D eigenvalue weighted by atomic mass is 35.5. The van der Waals surface area contributed by atoms with Gasteiger partial charge < -0.3 is 10.1 Å². The summed E-state index contributed by atoms with van der Waals surface area (Å²) in [6, 6.07) is 8.37. The van der Waals surface area contributed by atoms with Crippen LogP contribution in [-0.4, -0.2) is 25.7 Å². The number of benzene rings is 1. The molecule has 19 heavy (non-hydrogen) atoms. The molecule has 4 heteroatoms. The topological polar surface area (TPSA) is 38.3 Å². The van der Waals surface area contributed by atoms with E-state index in [1.807, 2.05) is 24.3 Å². The predicted molar refractivity (Wildman–Crippen MR) is 78.8 cm³/mol. The zero-order chi connectivity index (χ0) is 13.0. The van der Waals surface area contributed by atoms with Gasteiger partial charge in [-0.2, -0.15) is 0 Å². The third kappa shape index (κ3) is 3.95. The molecule has 0 amide bonds. The maximum Gasteiger partial charge on any atom is 0.314 e. The lowest BCUT2D eigenvalue weighted by molar-refractivity contribution is -0.143. The van der Waals surface area contributed by atoms with Crippen molar-refractivity contribution >= 4 is 18.4 Å². The minimum atomic E-state index is -0.184. The van der Waals surface area contributed by atoms with Gasteiger partial charge in [0.05, 0.1) is 13.0 Å². The van der Waals surface area contributed by atoms with E-state index in [0.717, 1.165) is 18.5 Å². The number of methoxy groups -OCH3 is 1. The first-order chi connectivity index (χ1) is 8.72. The van der Waals surface area contributed by atoms with Crippen molar-refractivity contribution in [2.45, 2.75) is 38.1 Å². The lowest BCUT2D eigenvalue weighted by Gasteiger charge is -2.30. The van der Waals surface area contributed by atoms with Crippen molar-refractivity contribution in [1.82, 2.24) is 5.32 Å². The van der Waals surface area contributed by atoms with Gasteiger partial charge in [-0.05, 0) is 31.9 Å². The number of hydrogen-bond donors (Lipinski definition) is 1. The Morgan fingerprint density at radius 1 is 1.32 bits per heavy atom. The Bertz CT molecular complexity index is 399. The Balaban J connectivity index is 0.00000180. The molecule has 3 nitrogen and oxygen atoms in total. The highest BCUT2D eigenvalue weighted by molar-refractivity contribution is 5.85. The first-order valence-corrected chi connectivity index (χ1v) is 6.60. The molecule has 0 radical (unpaired) electrons. The predicted octanol–water partition coefficient (Wildman–Crippen LogP) is 2.82. The van der Waals surface area contributed by atoms with E-state index in [1.165, 1.54) is 25.5 Å².